The van der Waals surface area contributed by atoms with Gasteiger partial charge in [-0.15, -0.1) is 0 Å². The fourth-order valence-corrected chi connectivity index (χ4v) is 4.52. The van der Waals surface area contributed by atoms with Crippen LogP contribution in [0.5, 0.6) is 17.2 Å². The quantitative estimate of drug-likeness (QED) is 0.566. The minimum absolute atomic E-state index is 0.115. The molecule has 9 nitrogen and oxygen atoms in total. The molecule has 9 heteroatoms. The number of benzene rings is 2. The summed E-state index contributed by atoms with van der Waals surface area (Å²) in [5.74, 6) is 1.84. The average Bonchev–Trinajstić information content (AvgIpc) is 3.41. The molecule has 2 aliphatic rings. The molecule has 0 aromatic heterocycles. The molecule has 0 spiro atoms. The van der Waals surface area contributed by atoms with Crippen molar-refractivity contribution >= 4 is 12.1 Å². The smallest absolute Gasteiger partial charge is 0.497 e. The van der Waals surface area contributed by atoms with Crippen molar-refractivity contribution in [3.63, 3.8) is 0 Å². The Morgan fingerprint density at radius 1 is 1.12 bits per heavy atom. The van der Waals surface area contributed by atoms with E-state index in [1.165, 1.54) is 0 Å². The minimum atomic E-state index is -1.36. The molecule has 2 aliphatic heterocycles. The topological polar surface area (TPSA) is 107 Å². The predicted octanol–water partition coefficient (Wildman–Crippen LogP) is 3.40. The maximum absolute atomic E-state index is 12.7. The van der Waals surface area contributed by atoms with Gasteiger partial charge in [-0.05, 0) is 41.3 Å². The third kappa shape index (κ3) is 5.20. The highest BCUT2D eigenvalue weighted by molar-refractivity contribution is 5.78. The summed E-state index contributed by atoms with van der Waals surface area (Å²) in [7, 11) is 1.59. The molecule has 2 N–H and O–H groups in total. The Balaban J connectivity index is 1.68. The zero-order chi connectivity index (χ0) is 24.2. The Labute approximate surface area is 198 Å². The summed E-state index contributed by atoms with van der Waals surface area (Å²) >= 11 is 0. The number of hydrogen-bond donors (Lipinski definition) is 2. The van der Waals surface area contributed by atoms with Gasteiger partial charge in [0.15, 0.2) is 11.5 Å². The molecule has 0 unspecified atom stereocenters. The zero-order valence-electron chi connectivity index (χ0n) is 19.5. The van der Waals surface area contributed by atoms with Crippen LogP contribution in [0.15, 0.2) is 42.5 Å². The summed E-state index contributed by atoms with van der Waals surface area (Å²) in [6.07, 6.45) is -2.09. The first-order valence-corrected chi connectivity index (χ1v) is 11.3. The highest BCUT2D eigenvalue weighted by atomic mass is 16.7. The van der Waals surface area contributed by atoms with Crippen LogP contribution in [0.1, 0.15) is 36.9 Å². The Bertz CT molecular complexity index is 1020. The largest absolute Gasteiger partial charge is 0.506 e. The highest BCUT2D eigenvalue weighted by Gasteiger charge is 2.46. The van der Waals surface area contributed by atoms with Crippen molar-refractivity contribution in [1.82, 2.24) is 10.2 Å². The molecular formula is C25H30N2O7. The number of carbonyl (C=O) groups is 2. The van der Waals surface area contributed by atoms with Crippen LogP contribution >= 0.6 is 0 Å². The molecule has 1 fully saturated rings. The monoisotopic (exact) mass is 470 g/mol. The average molecular weight is 471 g/mol. The van der Waals surface area contributed by atoms with Gasteiger partial charge in [-0.1, -0.05) is 32.0 Å². The molecule has 0 radical (unpaired) electrons. The summed E-state index contributed by atoms with van der Waals surface area (Å²) in [6, 6.07) is 12.5. The van der Waals surface area contributed by atoms with Gasteiger partial charge in [0.2, 0.25) is 12.7 Å². The lowest BCUT2D eigenvalue weighted by atomic mass is 9.90. The van der Waals surface area contributed by atoms with E-state index in [0.717, 1.165) is 11.1 Å². The van der Waals surface area contributed by atoms with Crippen molar-refractivity contribution in [3.05, 3.63) is 53.6 Å². The van der Waals surface area contributed by atoms with Crippen molar-refractivity contribution in [2.45, 2.75) is 31.9 Å². The molecule has 1 amide bonds. The van der Waals surface area contributed by atoms with Crippen LogP contribution in [0.4, 0.5) is 4.79 Å². The van der Waals surface area contributed by atoms with Crippen molar-refractivity contribution in [1.29, 1.82) is 0 Å². The van der Waals surface area contributed by atoms with E-state index in [9.17, 15) is 14.7 Å². The number of rotatable bonds is 8. The van der Waals surface area contributed by atoms with Crippen LogP contribution in [-0.2, 0) is 9.53 Å². The van der Waals surface area contributed by atoms with Gasteiger partial charge in [0.1, 0.15) is 11.9 Å². The lowest BCUT2D eigenvalue weighted by Crippen LogP contribution is -2.39. The number of likely N-dealkylation sites (tertiary alicyclic amines) is 1. The first kappa shape index (κ1) is 23.7. The lowest BCUT2D eigenvalue weighted by Gasteiger charge is -2.28. The summed E-state index contributed by atoms with van der Waals surface area (Å²) in [5.41, 5.74) is 1.70. The third-order valence-corrected chi connectivity index (χ3v) is 6.11. The second-order valence-corrected chi connectivity index (χ2v) is 8.91. The summed E-state index contributed by atoms with van der Waals surface area (Å²) in [6.45, 7) is 5.33. The Kier molecular flexibility index (Phi) is 7.12. The molecule has 182 valence electrons. The SMILES string of the molecule is COc1ccc([C@@H]2[C@@H](OC(=O)O)[C@@H](c3ccc4c(c3)OCO4)CN2CC(=O)NCC(C)C)cc1. The maximum atomic E-state index is 12.7. The number of fused-ring (bicyclic) bond motifs is 1. The van der Waals surface area contributed by atoms with E-state index in [-0.39, 0.29) is 25.2 Å². The first-order valence-electron chi connectivity index (χ1n) is 11.3. The van der Waals surface area contributed by atoms with Crippen LogP contribution in [-0.4, -0.2) is 61.7 Å². The van der Waals surface area contributed by atoms with E-state index in [0.29, 0.717) is 36.3 Å². The zero-order valence-corrected chi connectivity index (χ0v) is 19.5. The van der Waals surface area contributed by atoms with Gasteiger partial charge < -0.3 is 29.4 Å². The van der Waals surface area contributed by atoms with Crippen molar-refractivity contribution in [2.75, 3.05) is 33.5 Å². The Hall–Kier alpha value is -3.46. The first-order chi connectivity index (χ1) is 16.4. The highest BCUT2D eigenvalue weighted by Crippen LogP contribution is 2.45. The van der Waals surface area contributed by atoms with Crippen molar-refractivity contribution in [3.8, 4) is 17.2 Å². The van der Waals surface area contributed by atoms with Crippen LogP contribution in [0, 0.1) is 5.92 Å². The number of amides is 1. The molecular weight excluding hydrogens is 440 g/mol. The van der Waals surface area contributed by atoms with E-state index in [4.69, 9.17) is 18.9 Å². The van der Waals surface area contributed by atoms with Gasteiger partial charge >= 0.3 is 6.16 Å². The number of nitrogens with zero attached hydrogens (tertiary/aromatic N) is 1. The molecule has 2 heterocycles. The molecule has 4 rings (SSSR count). The van der Waals surface area contributed by atoms with E-state index >= 15 is 0 Å². The molecule has 1 saturated heterocycles. The predicted molar refractivity (Wildman–Crippen MR) is 123 cm³/mol. The minimum Gasteiger partial charge on any atom is -0.497 e. The molecule has 3 atom stereocenters. The summed E-state index contributed by atoms with van der Waals surface area (Å²) in [5, 5.41) is 12.5. The van der Waals surface area contributed by atoms with Crippen LogP contribution in [0.3, 0.4) is 0 Å². The molecule has 34 heavy (non-hydrogen) atoms. The number of hydrogen-bond acceptors (Lipinski definition) is 7. The second kappa shape index (κ2) is 10.2. The normalized spacial score (nSPS) is 21.5. The van der Waals surface area contributed by atoms with Gasteiger partial charge in [0, 0.05) is 19.0 Å². The number of carbonyl (C=O) groups excluding carboxylic acids is 1. The molecule has 0 aliphatic carbocycles. The fraction of sp³-hybridized carbons (Fsp3) is 0.440. The van der Waals surface area contributed by atoms with Gasteiger partial charge in [-0.25, -0.2) is 4.79 Å². The van der Waals surface area contributed by atoms with E-state index in [1.54, 1.807) is 7.11 Å². The molecule has 2 aromatic rings. The van der Waals surface area contributed by atoms with Crippen molar-refractivity contribution < 1.29 is 33.6 Å². The molecule has 2 aromatic carbocycles. The maximum Gasteiger partial charge on any atom is 0.506 e. The van der Waals surface area contributed by atoms with E-state index in [1.807, 2.05) is 61.2 Å². The van der Waals surface area contributed by atoms with Gasteiger partial charge in [0.05, 0.1) is 19.7 Å². The van der Waals surface area contributed by atoms with Crippen LogP contribution in [0.2, 0.25) is 0 Å². The standard InChI is InChI=1S/C25H30N2O7/c1-15(2)11-26-22(28)13-27-12-19(17-6-9-20-21(10-17)33-14-32-20)24(34-25(29)30)23(27)16-4-7-18(31-3)8-5-16/h4-10,15,19,23-24H,11-14H2,1-3H3,(H,26,28)(H,29,30)/t19-,23-,24+/m1/s1. The summed E-state index contributed by atoms with van der Waals surface area (Å²) < 4.78 is 21.7. The number of nitrogens with one attached hydrogen (secondary N) is 1. The fourth-order valence-electron chi connectivity index (χ4n) is 4.52. The van der Waals surface area contributed by atoms with Crippen molar-refractivity contribution in [2.24, 2.45) is 5.92 Å². The van der Waals surface area contributed by atoms with Crippen LogP contribution in [0.25, 0.3) is 0 Å². The van der Waals surface area contributed by atoms with Crippen LogP contribution < -0.4 is 19.5 Å². The Morgan fingerprint density at radius 2 is 1.82 bits per heavy atom. The van der Waals surface area contributed by atoms with Gasteiger partial charge in [-0.3, -0.25) is 9.69 Å². The Morgan fingerprint density at radius 3 is 2.50 bits per heavy atom. The van der Waals surface area contributed by atoms with Gasteiger partial charge in [0.25, 0.3) is 0 Å². The summed E-state index contributed by atoms with van der Waals surface area (Å²) in [4.78, 5) is 26.4. The second-order valence-electron chi connectivity index (χ2n) is 8.91. The molecule has 0 saturated carbocycles. The third-order valence-electron chi connectivity index (χ3n) is 6.11. The molecule has 0 bridgehead atoms. The van der Waals surface area contributed by atoms with Gasteiger partial charge in [-0.2, -0.15) is 0 Å². The van der Waals surface area contributed by atoms with E-state index in [2.05, 4.69) is 5.32 Å². The number of ether oxygens (including phenoxy) is 4. The number of methoxy groups -OCH3 is 1. The number of carboxylic acid groups (broad SMARTS) is 1. The van der Waals surface area contributed by atoms with E-state index < -0.39 is 18.3 Å². The lowest BCUT2D eigenvalue weighted by molar-refractivity contribution is -0.122.